The third kappa shape index (κ3) is 4.09. The first-order valence-electron chi connectivity index (χ1n) is 8.19. The Kier molecular flexibility index (Phi) is 4.91. The van der Waals surface area contributed by atoms with Crippen molar-refractivity contribution in [1.82, 2.24) is 10.3 Å². The Bertz CT molecular complexity index is 657. The van der Waals surface area contributed by atoms with Crippen LogP contribution in [0.15, 0.2) is 48.7 Å². The summed E-state index contributed by atoms with van der Waals surface area (Å²) in [6.07, 6.45) is 3.20. The van der Waals surface area contributed by atoms with E-state index in [9.17, 15) is 4.79 Å². The van der Waals surface area contributed by atoms with Crippen LogP contribution in [-0.2, 0) is 11.2 Å². The number of pyridine rings is 1. The van der Waals surface area contributed by atoms with Crippen molar-refractivity contribution in [3.63, 3.8) is 0 Å². The van der Waals surface area contributed by atoms with E-state index in [-0.39, 0.29) is 5.91 Å². The highest BCUT2D eigenvalue weighted by Crippen LogP contribution is 2.26. The zero-order valence-electron chi connectivity index (χ0n) is 13.5. The zero-order chi connectivity index (χ0) is 16.1. The van der Waals surface area contributed by atoms with E-state index in [4.69, 9.17) is 0 Å². The minimum absolute atomic E-state index is 0.0537. The van der Waals surface area contributed by atoms with Crippen LogP contribution in [0, 0.1) is 12.8 Å². The number of hydrogen-bond acceptors (Lipinski definition) is 3. The molecule has 0 bridgehead atoms. The molecule has 0 unspecified atom stereocenters. The highest BCUT2D eigenvalue weighted by atomic mass is 16.1. The van der Waals surface area contributed by atoms with Gasteiger partial charge in [-0.05, 0) is 43.0 Å². The van der Waals surface area contributed by atoms with Gasteiger partial charge in [0.2, 0.25) is 5.91 Å². The van der Waals surface area contributed by atoms with E-state index in [2.05, 4.69) is 46.4 Å². The van der Waals surface area contributed by atoms with Crippen molar-refractivity contribution in [2.45, 2.75) is 19.8 Å². The lowest BCUT2D eigenvalue weighted by atomic mass is 10.1. The van der Waals surface area contributed by atoms with E-state index in [0.717, 1.165) is 31.7 Å². The molecule has 4 heteroatoms. The van der Waals surface area contributed by atoms with Crippen molar-refractivity contribution in [1.29, 1.82) is 0 Å². The Labute approximate surface area is 137 Å². The summed E-state index contributed by atoms with van der Waals surface area (Å²) in [4.78, 5) is 18.6. The standard InChI is InChI=1S/C19H23N3O/c1-15-6-2-3-8-18(15)22-11-9-16(14-22)13-21-19(23)12-17-7-4-5-10-20-17/h2-8,10,16H,9,11-14H2,1H3,(H,21,23)/t16-/m1/s1. The number of nitrogens with one attached hydrogen (secondary N) is 1. The monoisotopic (exact) mass is 309 g/mol. The van der Waals surface area contributed by atoms with Gasteiger partial charge in [0.15, 0.2) is 0 Å². The molecular weight excluding hydrogens is 286 g/mol. The summed E-state index contributed by atoms with van der Waals surface area (Å²) in [6.45, 7) is 4.96. The fourth-order valence-electron chi connectivity index (χ4n) is 3.12. The van der Waals surface area contributed by atoms with Crippen molar-refractivity contribution >= 4 is 11.6 Å². The van der Waals surface area contributed by atoms with Crippen LogP contribution in [-0.4, -0.2) is 30.5 Å². The number of amides is 1. The number of carbonyl (C=O) groups excluding carboxylic acids is 1. The summed E-state index contributed by atoms with van der Waals surface area (Å²) in [5, 5.41) is 3.05. The van der Waals surface area contributed by atoms with Crippen LogP contribution in [0.4, 0.5) is 5.69 Å². The van der Waals surface area contributed by atoms with Crippen LogP contribution in [0.5, 0.6) is 0 Å². The van der Waals surface area contributed by atoms with E-state index in [1.807, 2.05) is 18.2 Å². The second-order valence-corrected chi connectivity index (χ2v) is 6.19. The van der Waals surface area contributed by atoms with Crippen LogP contribution in [0.3, 0.4) is 0 Å². The number of aryl methyl sites for hydroxylation is 1. The maximum Gasteiger partial charge on any atom is 0.226 e. The summed E-state index contributed by atoms with van der Waals surface area (Å²) in [6, 6.07) is 14.1. The minimum atomic E-state index is 0.0537. The molecule has 1 amide bonds. The highest BCUT2D eigenvalue weighted by molar-refractivity contribution is 5.78. The quantitative estimate of drug-likeness (QED) is 0.923. The fourth-order valence-corrected chi connectivity index (χ4v) is 3.12. The predicted molar refractivity (Wildman–Crippen MR) is 92.4 cm³/mol. The number of hydrogen-bond donors (Lipinski definition) is 1. The Morgan fingerprint density at radius 2 is 2.09 bits per heavy atom. The summed E-state index contributed by atoms with van der Waals surface area (Å²) in [7, 11) is 0. The predicted octanol–water partition coefficient (Wildman–Crippen LogP) is 2.58. The zero-order valence-corrected chi connectivity index (χ0v) is 13.5. The lowest BCUT2D eigenvalue weighted by Gasteiger charge is -2.21. The van der Waals surface area contributed by atoms with Crippen molar-refractivity contribution in [2.75, 3.05) is 24.5 Å². The number of benzene rings is 1. The average Bonchev–Trinajstić information content (AvgIpc) is 3.03. The van der Waals surface area contributed by atoms with Gasteiger partial charge in [-0.2, -0.15) is 0 Å². The maximum absolute atomic E-state index is 12.0. The first kappa shape index (κ1) is 15.5. The normalized spacial score (nSPS) is 17.3. The summed E-state index contributed by atoms with van der Waals surface area (Å²) >= 11 is 0. The number of para-hydroxylation sites is 1. The number of aromatic nitrogens is 1. The molecule has 1 aliphatic heterocycles. The van der Waals surface area contributed by atoms with E-state index < -0.39 is 0 Å². The van der Waals surface area contributed by atoms with Crippen LogP contribution in [0.1, 0.15) is 17.7 Å². The molecule has 1 aliphatic rings. The third-order valence-corrected chi connectivity index (χ3v) is 4.40. The van der Waals surface area contributed by atoms with Gasteiger partial charge in [0.25, 0.3) is 0 Å². The molecule has 4 nitrogen and oxygen atoms in total. The lowest BCUT2D eigenvalue weighted by molar-refractivity contribution is -0.120. The molecule has 2 aromatic rings. The summed E-state index contributed by atoms with van der Waals surface area (Å²) in [5.74, 6) is 0.570. The topological polar surface area (TPSA) is 45.2 Å². The lowest BCUT2D eigenvalue weighted by Crippen LogP contribution is -2.32. The Morgan fingerprint density at radius 3 is 2.87 bits per heavy atom. The Balaban J connectivity index is 1.47. The van der Waals surface area contributed by atoms with E-state index in [1.54, 1.807) is 6.20 Å². The van der Waals surface area contributed by atoms with Gasteiger partial charge >= 0.3 is 0 Å². The van der Waals surface area contributed by atoms with Crippen LogP contribution < -0.4 is 10.2 Å². The second-order valence-electron chi connectivity index (χ2n) is 6.19. The molecule has 0 spiro atoms. The maximum atomic E-state index is 12.0. The van der Waals surface area contributed by atoms with Gasteiger partial charge in [-0.1, -0.05) is 24.3 Å². The molecule has 0 saturated carbocycles. The van der Waals surface area contributed by atoms with Crippen LogP contribution in [0.2, 0.25) is 0 Å². The Morgan fingerprint density at radius 1 is 1.26 bits per heavy atom. The third-order valence-electron chi connectivity index (χ3n) is 4.40. The summed E-state index contributed by atoms with van der Waals surface area (Å²) < 4.78 is 0. The van der Waals surface area contributed by atoms with Gasteiger partial charge in [-0.25, -0.2) is 0 Å². The minimum Gasteiger partial charge on any atom is -0.371 e. The molecule has 1 N–H and O–H groups in total. The number of carbonyl (C=O) groups is 1. The fraction of sp³-hybridized carbons (Fsp3) is 0.368. The van der Waals surface area contributed by atoms with Gasteiger partial charge in [0.1, 0.15) is 0 Å². The van der Waals surface area contributed by atoms with Gasteiger partial charge in [0.05, 0.1) is 6.42 Å². The van der Waals surface area contributed by atoms with Crippen molar-refractivity contribution < 1.29 is 4.79 Å². The summed E-state index contributed by atoms with van der Waals surface area (Å²) in [5.41, 5.74) is 3.44. The van der Waals surface area contributed by atoms with Gasteiger partial charge < -0.3 is 10.2 Å². The van der Waals surface area contributed by atoms with Gasteiger partial charge in [0, 0.05) is 37.2 Å². The van der Waals surface area contributed by atoms with Gasteiger partial charge in [-0.3, -0.25) is 9.78 Å². The molecule has 1 atom stereocenters. The van der Waals surface area contributed by atoms with E-state index in [1.165, 1.54) is 11.3 Å². The molecule has 23 heavy (non-hydrogen) atoms. The molecule has 3 rings (SSSR count). The molecule has 1 fully saturated rings. The number of rotatable bonds is 5. The smallest absolute Gasteiger partial charge is 0.226 e. The molecule has 0 radical (unpaired) electrons. The number of nitrogens with zero attached hydrogens (tertiary/aromatic N) is 2. The second kappa shape index (κ2) is 7.27. The molecule has 2 heterocycles. The molecule has 1 aromatic carbocycles. The first-order chi connectivity index (χ1) is 11.2. The molecule has 120 valence electrons. The Hall–Kier alpha value is -2.36. The number of anilines is 1. The molecule has 1 saturated heterocycles. The first-order valence-corrected chi connectivity index (χ1v) is 8.19. The van der Waals surface area contributed by atoms with E-state index >= 15 is 0 Å². The van der Waals surface area contributed by atoms with Crippen LogP contribution in [0.25, 0.3) is 0 Å². The SMILES string of the molecule is Cc1ccccc1N1CC[C@H](CNC(=O)Cc2ccccn2)C1. The molecule has 1 aromatic heterocycles. The van der Waals surface area contributed by atoms with E-state index in [0.29, 0.717) is 12.3 Å². The van der Waals surface area contributed by atoms with Crippen molar-refractivity contribution in [3.8, 4) is 0 Å². The van der Waals surface area contributed by atoms with Crippen LogP contribution >= 0.6 is 0 Å². The average molecular weight is 309 g/mol. The molecular formula is C19H23N3O. The highest BCUT2D eigenvalue weighted by Gasteiger charge is 2.23. The van der Waals surface area contributed by atoms with Crippen molar-refractivity contribution in [2.24, 2.45) is 5.92 Å². The van der Waals surface area contributed by atoms with Crippen molar-refractivity contribution in [3.05, 3.63) is 59.9 Å². The molecule has 0 aliphatic carbocycles. The van der Waals surface area contributed by atoms with Gasteiger partial charge in [-0.15, -0.1) is 0 Å². The largest absolute Gasteiger partial charge is 0.371 e.